The molecule has 1 spiro atoms. The molecule has 39 heavy (non-hydrogen) atoms. The molecule has 6 heterocycles. The molecule has 1 unspecified atom stereocenters. The Hall–Kier alpha value is -2.48. The van der Waals surface area contributed by atoms with Crippen molar-refractivity contribution in [2.75, 3.05) is 43.4 Å². The molecule has 3 atom stereocenters. The number of rotatable bonds is 4. The zero-order chi connectivity index (χ0) is 26.6. The van der Waals surface area contributed by atoms with E-state index in [1.807, 2.05) is 0 Å². The van der Waals surface area contributed by atoms with Gasteiger partial charge in [0, 0.05) is 48.5 Å². The molecule has 7 rings (SSSR count). The van der Waals surface area contributed by atoms with Gasteiger partial charge in [0.25, 0.3) is 0 Å². The van der Waals surface area contributed by atoms with E-state index in [0.29, 0.717) is 49.2 Å². The predicted octanol–water partition coefficient (Wildman–Crippen LogP) is 4.63. The van der Waals surface area contributed by atoms with Crippen LogP contribution in [0.5, 0.6) is 6.01 Å². The summed E-state index contributed by atoms with van der Waals surface area (Å²) in [5, 5.41) is 10.5. The van der Waals surface area contributed by atoms with Gasteiger partial charge < -0.3 is 20.1 Å². The molecular formula is C29H37FN6O2S. The van der Waals surface area contributed by atoms with Crippen molar-refractivity contribution < 1.29 is 13.9 Å². The number of nitrogens with two attached hydrogens (primary N) is 1. The average molecular weight is 553 g/mol. The summed E-state index contributed by atoms with van der Waals surface area (Å²) in [7, 11) is 0. The number of aromatic nitrogens is 2. The third-order valence-electron chi connectivity index (χ3n) is 9.69. The molecule has 5 aliphatic rings. The molecule has 3 fully saturated rings. The minimum atomic E-state index is -0.795. The topological polar surface area (TPSA) is 101 Å². The molecule has 2 aromatic rings. The zero-order valence-corrected chi connectivity index (χ0v) is 23.3. The Morgan fingerprint density at radius 1 is 1.13 bits per heavy atom. The number of anilines is 2. The van der Waals surface area contributed by atoms with Gasteiger partial charge in [-0.1, -0.05) is 12.8 Å². The number of aryl methyl sites for hydroxylation is 1. The van der Waals surface area contributed by atoms with Crippen molar-refractivity contribution >= 4 is 22.2 Å². The van der Waals surface area contributed by atoms with E-state index in [9.17, 15) is 9.65 Å². The van der Waals surface area contributed by atoms with E-state index in [1.165, 1.54) is 29.1 Å². The minimum Gasteiger partial charge on any atom is -0.461 e. The van der Waals surface area contributed by atoms with Gasteiger partial charge in [0.2, 0.25) is 0 Å². The van der Waals surface area contributed by atoms with E-state index in [4.69, 9.17) is 25.2 Å². The number of alkyl halides is 1. The van der Waals surface area contributed by atoms with Crippen LogP contribution in [-0.2, 0) is 29.8 Å². The van der Waals surface area contributed by atoms with Gasteiger partial charge in [0.05, 0.1) is 23.4 Å². The second-order valence-corrected chi connectivity index (χ2v) is 13.2. The van der Waals surface area contributed by atoms with Gasteiger partial charge >= 0.3 is 6.01 Å². The standard InChI is InChI=1S/C29H37FN6O2S/c30-19-13-28(8-6-12-36(28)16-19)18-37-27-33-22-14-29(9-5-7-23-24(29)20(15-31)25(32)39-23)38-17-21(22)26(34-27)35-10-3-1-2-4-11-35/h19H,1-14,16-18,32H2/t19-,28+,29?/m1/s1. The molecule has 0 aromatic carbocycles. The highest BCUT2D eigenvalue weighted by molar-refractivity contribution is 7.16. The number of thiophene rings is 1. The summed E-state index contributed by atoms with van der Waals surface area (Å²) in [4.78, 5) is 15.8. The molecule has 0 bridgehead atoms. The fourth-order valence-corrected chi connectivity index (χ4v) is 8.98. The first-order valence-electron chi connectivity index (χ1n) is 14.6. The van der Waals surface area contributed by atoms with E-state index in [1.54, 1.807) is 0 Å². The van der Waals surface area contributed by atoms with Gasteiger partial charge in [-0.05, 0) is 51.5 Å². The average Bonchev–Trinajstić information content (AvgIpc) is 3.47. The summed E-state index contributed by atoms with van der Waals surface area (Å²) in [6.07, 6.45) is 9.81. The van der Waals surface area contributed by atoms with Crippen LogP contribution < -0.4 is 15.4 Å². The van der Waals surface area contributed by atoms with Gasteiger partial charge in [-0.2, -0.15) is 15.2 Å². The van der Waals surface area contributed by atoms with Gasteiger partial charge in [-0.3, -0.25) is 4.90 Å². The molecule has 8 nitrogen and oxygen atoms in total. The Kier molecular flexibility index (Phi) is 6.44. The number of nitrogens with zero attached hydrogens (tertiary/aromatic N) is 5. The minimum absolute atomic E-state index is 0.250. The number of hydrogen-bond acceptors (Lipinski definition) is 9. The second kappa shape index (κ2) is 9.86. The maximum absolute atomic E-state index is 14.4. The normalized spacial score (nSPS) is 30.5. The fourth-order valence-electron chi connectivity index (χ4n) is 7.82. The maximum atomic E-state index is 14.4. The summed E-state index contributed by atoms with van der Waals surface area (Å²) in [5.41, 5.74) is 8.96. The number of halogens is 1. The SMILES string of the molecule is N#Cc1c(N)sc2c1C1(CCC2)Cc2nc(OC[C@@]34CCCN3C[C@H](F)C4)nc(N3CCCCCC3)c2CO1. The van der Waals surface area contributed by atoms with Crippen molar-refractivity contribution in [2.45, 2.75) is 94.5 Å². The van der Waals surface area contributed by atoms with Gasteiger partial charge in [0.15, 0.2) is 0 Å². The van der Waals surface area contributed by atoms with Gasteiger partial charge in [-0.25, -0.2) is 4.39 Å². The summed E-state index contributed by atoms with van der Waals surface area (Å²) < 4.78 is 27.5. The van der Waals surface area contributed by atoms with Crippen LogP contribution in [-0.4, -0.2) is 59.4 Å². The lowest BCUT2D eigenvalue weighted by Gasteiger charge is -2.42. The molecule has 208 valence electrons. The predicted molar refractivity (Wildman–Crippen MR) is 148 cm³/mol. The highest BCUT2D eigenvalue weighted by Crippen LogP contribution is 2.51. The lowest BCUT2D eigenvalue weighted by atomic mass is 9.76. The summed E-state index contributed by atoms with van der Waals surface area (Å²) in [6.45, 7) is 4.17. The lowest BCUT2D eigenvalue weighted by Crippen LogP contribution is -2.44. The summed E-state index contributed by atoms with van der Waals surface area (Å²) in [5.74, 6) is 0.920. The number of fused-ring (bicyclic) bond motifs is 4. The maximum Gasteiger partial charge on any atom is 0.318 e. The first kappa shape index (κ1) is 25.5. The van der Waals surface area contributed by atoms with Crippen LogP contribution in [0.15, 0.2) is 0 Å². The highest BCUT2D eigenvalue weighted by atomic mass is 32.1. The van der Waals surface area contributed by atoms with Crippen LogP contribution in [0.25, 0.3) is 0 Å². The van der Waals surface area contributed by atoms with E-state index in [0.717, 1.165) is 87.2 Å². The smallest absolute Gasteiger partial charge is 0.318 e. The van der Waals surface area contributed by atoms with Crippen LogP contribution in [0.1, 0.15) is 85.0 Å². The molecule has 1 aliphatic carbocycles. The molecular weight excluding hydrogens is 515 g/mol. The summed E-state index contributed by atoms with van der Waals surface area (Å²) >= 11 is 1.53. The van der Waals surface area contributed by atoms with E-state index in [2.05, 4.69) is 15.9 Å². The molecule has 2 aromatic heterocycles. The van der Waals surface area contributed by atoms with Crippen LogP contribution >= 0.6 is 11.3 Å². The van der Waals surface area contributed by atoms with Crippen LogP contribution in [0.2, 0.25) is 0 Å². The molecule has 0 radical (unpaired) electrons. The first-order valence-corrected chi connectivity index (χ1v) is 15.4. The molecule has 2 N–H and O–H groups in total. The molecule has 0 saturated carbocycles. The van der Waals surface area contributed by atoms with Gasteiger partial charge in [0.1, 0.15) is 35.3 Å². The fraction of sp³-hybridized carbons (Fsp3) is 0.690. The van der Waals surface area contributed by atoms with E-state index < -0.39 is 11.8 Å². The second-order valence-electron chi connectivity index (χ2n) is 12.1. The third kappa shape index (κ3) is 4.28. The summed E-state index contributed by atoms with van der Waals surface area (Å²) in [6, 6.07) is 2.74. The Morgan fingerprint density at radius 2 is 1.97 bits per heavy atom. The van der Waals surface area contributed by atoms with Crippen molar-refractivity contribution in [1.29, 1.82) is 5.26 Å². The van der Waals surface area contributed by atoms with E-state index >= 15 is 0 Å². The van der Waals surface area contributed by atoms with Crippen molar-refractivity contribution in [3.63, 3.8) is 0 Å². The molecule has 10 heteroatoms. The third-order valence-corrected chi connectivity index (χ3v) is 10.8. The lowest BCUT2D eigenvalue weighted by molar-refractivity contribution is -0.0852. The monoisotopic (exact) mass is 552 g/mol. The van der Waals surface area contributed by atoms with Crippen LogP contribution in [0, 0.1) is 11.3 Å². The first-order chi connectivity index (χ1) is 19.0. The quantitative estimate of drug-likeness (QED) is 0.586. The Morgan fingerprint density at radius 3 is 2.79 bits per heavy atom. The van der Waals surface area contributed by atoms with Crippen LogP contribution in [0.3, 0.4) is 0 Å². The zero-order valence-electron chi connectivity index (χ0n) is 22.5. The Bertz CT molecular complexity index is 1300. The van der Waals surface area contributed by atoms with Gasteiger partial charge in [-0.15, -0.1) is 11.3 Å². The number of hydrogen-bond donors (Lipinski definition) is 1. The van der Waals surface area contributed by atoms with Crippen molar-refractivity contribution in [3.05, 3.63) is 27.3 Å². The molecule has 3 saturated heterocycles. The van der Waals surface area contributed by atoms with Crippen molar-refractivity contribution in [3.8, 4) is 12.1 Å². The molecule has 0 amide bonds. The van der Waals surface area contributed by atoms with Crippen LogP contribution in [0.4, 0.5) is 15.2 Å². The largest absolute Gasteiger partial charge is 0.461 e. The number of nitrogen functional groups attached to an aromatic ring is 1. The van der Waals surface area contributed by atoms with Crippen molar-refractivity contribution in [1.82, 2.24) is 14.9 Å². The van der Waals surface area contributed by atoms with Crippen molar-refractivity contribution in [2.24, 2.45) is 0 Å². The van der Waals surface area contributed by atoms with E-state index in [-0.39, 0.29) is 5.54 Å². The molecule has 4 aliphatic heterocycles. The highest BCUT2D eigenvalue weighted by Gasteiger charge is 2.50. The Labute approximate surface area is 233 Å². The number of nitriles is 1. The Balaban J connectivity index is 1.26. The number of ether oxygens (including phenoxy) is 2.